The van der Waals surface area contributed by atoms with Gasteiger partial charge < -0.3 is 5.32 Å². The van der Waals surface area contributed by atoms with Gasteiger partial charge in [0.05, 0.1) is 28.5 Å². The molecule has 1 aromatic carbocycles. The molecule has 9 heteroatoms. The number of carbonyl (C=O) groups is 1. The SMILES string of the molecule is Cc1nn(-c2ccccc2)c(C)c1NC(=O)CSc1n[nH]c(Cc2cccs2)n1. The van der Waals surface area contributed by atoms with E-state index in [0.29, 0.717) is 11.6 Å². The van der Waals surface area contributed by atoms with Crippen LogP contribution in [-0.4, -0.2) is 36.6 Å². The van der Waals surface area contributed by atoms with E-state index in [1.165, 1.54) is 16.6 Å². The van der Waals surface area contributed by atoms with Crippen LogP contribution in [0.3, 0.4) is 0 Å². The predicted molar refractivity (Wildman–Crippen MR) is 116 cm³/mol. The van der Waals surface area contributed by atoms with E-state index in [-0.39, 0.29) is 11.7 Å². The van der Waals surface area contributed by atoms with E-state index < -0.39 is 0 Å². The second kappa shape index (κ2) is 8.62. The smallest absolute Gasteiger partial charge is 0.234 e. The van der Waals surface area contributed by atoms with Crippen LogP contribution >= 0.6 is 23.1 Å². The topological polar surface area (TPSA) is 88.5 Å². The Labute approximate surface area is 176 Å². The van der Waals surface area contributed by atoms with Crippen molar-refractivity contribution in [2.24, 2.45) is 0 Å². The van der Waals surface area contributed by atoms with Gasteiger partial charge in [0.2, 0.25) is 11.1 Å². The largest absolute Gasteiger partial charge is 0.322 e. The fourth-order valence-corrected chi connectivity index (χ4v) is 4.28. The lowest BCUT2D eigenvalue weighted by Crippen LogP contribution is -2.15. The highest BCUT2D eigenvalue weighted by molar-refractivity contribution is 7.99. The third-order valence-electron chi connectivity index (χ3n) is 4.32. The molecule has 0 atom stereocenters. The van der Waals surface area contributed by atoms with Crippen LogP contribution in [0.15, 0.2) is 53.0 Å². The first kappa shape index (κ1) is 19.4. The van der Waals surface area contributed by atoms with E-state index in [0.717, 1.165) is 28.6 Å². The number of thioether (sulfide) groups is 1. The number of nitrogens with zero attached hydrogens (tertiary/aromatic N) is 4. The maximum absolute atomic E-state index is 12.5. The number of para-hydroxylation sites is 1. The number of hydrogen-bond acceptors (Lipinski definition) is 6. The fourth-order valence-electron chi connectivity index (χ4n) is 2.95. The van der Waals surface area contributed by atoms with Crippen molar-refractivity contribution in [1.29, 1.82) is 0 Å². The Balaban J connectivity index is 1.37. The third-order valence-corrected chi connectivity index (χ3v) is 6.05. The third kappa shape index (κ3) is 4.57. The molecular weight excluding hydrogens is 404 g/mol. The Morgan fingerprint density at radius 3 is 2.79 bits per heavy atom. The number of H-pyrrole nitrogens is 1. The molecule has 0 unspecified atom stereocenters. The second-order valence-electron chi connectivity index (χ2n) is 6.45. The molecule has 3 aromatic heterocycles. The zero-order valence-corrected chi connectivity index (χ0v) is 17.7. The lowest BCUT2D eigenvalue weighted by atomic mass is 10.3. The molecule has 3 heterocycles. The summed E-state index contributed by atoms with van der Waals surface area (Å²) in [5.74, 6) is 0.913. The van der Waals surface area contributed by atoms with Crippen molar-refractivity contribution in [3.05, 3.63) is 69.9 Å². The van der Waals surface area contributed by atoms with Crippen molar-refractivity contribution in [2.45, 2.75) is 25.4 Å². The lowest BCUT2D eigenvalue weighted by molar-refractivity contribution is -0.113. The number of amides is 1. The minimum Gasteiger partial charge on any atom is -0.322 e. The van der Waals surface area contributed by atoms with Gasteiger partial charge in [0, 0.05) is 11.3 Å². The molecule has 0 fully saturated rings. The molecule has 4 aromatic rings. The van der Waals surface area contributed by atoms with Crippen molar-refractivity contribution in [2.75, 3.05) is 11.1 Å². The van der Waals surface area contributed by atoms with Crippen molar-refractivity contribution in [3.63, 3.8) is 0 Å². The van der Waals surface area contributed by atoms with E-state index in [1.807, 2.05) is 60.3 Å². The summed E-state index contributed by atoms with van der Waals surface area (Å²) in [4.78, 5) is 18.1. The lowest BCUT2D eigenvalue weighted by Gasteiger charge is -2.06. The molecule has 4 rings (SSSR count). The number of aryl methyl sites for hydroxylation is 1. The molecule has 0 aliphatic heterocycles. The van der Waals surface area contributed by atoms with Crippen LogP contribution in [0.1, 0.15) is 22.1 Å². The second-order valence-corrected chi connectivity index (χ2v) is 8.43. The highest BCUT2D eigenvalue weighted by Gasteiger charge is 2.16. The summed E-state index contributed by atoms with van der Waals surface area (Å²) in [6, 6.07) is 13.9. The minimum absolute atomic E-state index is 0.113. The molecule has 2 N–H and O–H groups in total. The number of aromatic nitrogens is 5. The van der Waals surface area contributed by atoms with E-state index in [4.69, 9.17) is 0 Å². The van der Waals surface area contributed by atoms with Crippen LogP contribution in [0.25, 0.3) is 5.69 Å². The van der Waals surface area contributed by atoms with Crippen LogP contribution in [0, 0.1) is 13.8 Å². The normalized spacial score (nSPS) is 11.0. The van der Waals surface area contributed by atoms with Gasteiger partial charge in [-0.2, -0.15) is 5.10 Å². The quantitative estimate of drug-likeness (QED) is 0.438. The average Bonchev–Trinajstić information content (AvgIpc) is 3.46. The summed E-state index contributed by atoms with van der Waals surface area (Å²) in [6.07, 6.45) is 0.717. The molecule has 0 spiro atoms. The monoisotopic (exact) mass is 424 g/mol. The standard InChI is InChI=1S/C20H20N6OS2/c1-13-19(14(2)26(25-13)15-7-4-3-5-8-15)22-18(27)12-29-20-21-17(23-24-20)11-16-9-6-10-28-16/h3-10H,11-12H2,1-2H3,(H,22,27)(H,21,23,24). The maximum Gasteiger partial charge on any atom is 0.234 e. The fraction of sp³-hybridized carbons (Fsp3) is 0.200. The summed E-state index contributed by atoms with van der Waals surface area (Å²) in [6.45, 7) is 3.84. The first-order chi connectivity index (χ1) is 14.1. The zero-order chi connectivity index (χ0) is 20.2. The van der Waals surface area contributed by atoms with E-state index >= 15 is 0 Å². The van der Waals surface area contributed by atoms with Crippen LogP contribution in [0.5, 0.6) is 0 Å². The van der Waals surface area contributed by atoms with Crippen LogP contribution in [-0.2, 0) is 11.2 Å². The van der Waals surface area contributed by atoms with E-state index in [9.17, 15) is 4.79 Å². The van der Waals surface area contributed by atoms with Gasteiger partial charge in [0.15, 0.2) is 0 Å². The molecule has 148 valence electrons. The van der Waals surface area contributed by atoms with Crippen LogP contribution in [0.4, 0.5) is 5.69 Å². The predicted octanol–water partition coefficient (Wildman–Crippen LogP) is 3.99. The summed E-state index contributed by atoms with van der Waals surface area (Å²) < 4.78 is 1.84. The van der Waals surface area contributed by atoms with Crippen LogP contribution in [0.2, 0.25) is 0 Å². The molecule has 0 aliphatic carbocycles. The number of thiophene rings is 1. The van der Waals surface area contributed by atoms with Gasteiger partial charge in [0.25, 0.3) is 0 Å². The van der Waals surface area contributed by atoms with Gasteiger partial charge >= 0.3 is 0 Å². The Morgan fingerprint density at radius 2 is 2.03 bits per heavy atom. The van der Waals surface area contributed by atoms with Gasteiger partial charge in [-0.1, -0.05) is 36.0 Å². The number of nitrogens with one attached hydrogen (secondary N) is 2. The maximum atomic E-state index is 12.5. The number of benzene rings is 1. The first-order valence-electron chi connectivity index (χ1n) is 9.08. The number of anilines is 1. The highest BCUT2D eigenvalue weighted by Crippen LogP contribution is 2.23. The molecule has 29 heavy (non-hydrogen) atoms. The summed E-state index contributed by atoms with van der Waals surface area (Å²) in [7, 11) is 0. The summed E-state index contributed by atoms with van der Waals surface area (Å²) in [5.41, 5.74) is 3.37. The number of carbonyl (C=O) groups excluding carboxylic acids is 1. The average molecular weight is 425 g/mol. The molecule has 7 nitrogen and oxygen atoms in total. The highest BCUT2D eigenvalue weighted by atomic mass is 32.2. The molecular formula is C20H20N6OS2. The molecule has 0 saturated carbocycles. The van der Waals surface area contributed by atoms with Gasteiger partial charge in [-0.05, 0) is 37.4 Å². The Morgan fingerprint density at radius 1 is 1.21 bits per heavy atom. The minimum atomic E-state index is -0.113. The van der Waals surface area contributed by atoms with E-state index in [2.05, 4.69) is 31.7 Å². The molecule has 0 saturated heterocycles. The molecule has 1 amide bonds. The Bertz CT molecular complexity index is 1100. The van der Waals surface area contributed by atoms with Crippen LogP contribution < -0.4 is 5.32 Å². The Hall–Kier alpha value is -2.91. The summed E-state index contributed by atoms with van der Waals surface area (Å²) >= 11 is 2.99. The number of rotatable bonds is 7. The van der Waals surface area contributed by atoms with Crippen molar-refractivity contribution < 1.29 is 4.79 Å². The molecule has 0 bridgehead atoms. The molecule has 0 radical (unpaired) electrons. The Kier molecular flexibility index (Phi) is 5.77. The number of hydrogen-bond donors (Lipinski definition) is 2. The summed E-state index contributed by atoms with van der Waals surface area (Å²) in [5, 5.41) is 17.3. The van der Waals surface area contributed by atoms with Crippen molar-refractivity contribution >= 4 is 34.7 Å². The van der Waals surface area contributed by atoms with Gasteiger partial charge in [0.1, 0.15) is 5.82 Å². The van der Waals surface area contributed by atoms with E-state index in [1.54, 1.807) is 11.3 Å². The van der Waals surface area contributed by atoms with Gasteiger partial charge in [-0.3, -0.25) is 9.89 Å². The van der Waals surface area contributed by atoms with Crippen molar-refractivity contribution in [1.82, 2.24) is 25.0 Å². The zero-order valence-electron chi connectivity index (χ0n) is 16.0. The number of aromatic amines is 1. The van der Waals surface area contributed by atoms with Gasteiger partial charge in [-0.15, -0.1) is 16.4 Å². The van der Waals surface area contributed by atoms with Gasteiger partial charge in [-0.25, -0.2) is 9.67 Å². The van der Waals surface area contributed by atoms with Crippen molar-refractivity contribution in [3.8, 4) is 5.69 Å². The molecule has 0 aliphatic rings. The first-order valence-corrected chi connectivity index (χ1v) is 10.9.